The molecule has 124 valence electrons. The number of amides is 1. The van der Waals surface area contributed by atoms with Crippen LogP contribution in [0.15, 0.2) is 41.0 Å². The number of hydrogen-bond acceptors (Lipinski definition) is 5. The standard InChI is InChI=1S/C17H22N2O4/c1-19(2)14(15-6-5-9-23-15)11-18-17(20)13-8-7-12(21-3)10-16(13)22-4/h5-10,14H,11H2,1-4H3,(H,18,20)/t14-/m1/s1. The minimum atomic E-state index is -0.206. The Morgan fingerprint density at radius 1 is 1.26 bits per heavy atom. The quantitative estimate of drug-likeness (QED) is 0.849. The minimum Gasteiger partial charge on any atom is -0.497 e. The number of ether oxygens (including phenoxy) is 2. The van der Waals surface area contributed by atoms with Crippen molar-refractivity contribution >= 4 is 5.91 Å². The van der Waals surface area contributed by atoms with Crippen molar-refractivity contribution in [3.8, 4) is 11.5 Å². The number of hydrogen-bond donors (Lipinski definition) is 1. The van der Waals surface area contributed by atoms with Crippen LogP contribution in [0, 0.1) is 0 Å². The van der Waals surface area contributed by atoms with E-state index in [0.29, 0.717) is 23.6 Å². The Hall–Kier alpha value is -2.47. The van der Waals surface area contributed by atoms with Crippen LogP contribution in [0.25, 0.3) is 0 Å². The van der Waals surface area contributed by atoms with Gasteiger partial charge in [-0.05, 0) is 38.4 Å². The van der Waals surface area contributed by atoms with Crippen LogP contribution in [-0.4, -0.2) is 45.7 Å². The fourth-order valence-electron chi connectivity index (χ4n) is 2.29. The van der Waals surface area contributed by atoms with Gasteiger partial charge in [0.05, 0.1) is 32.1 Å². The van der Waals surface area contributed by atoms with Crippen molar-refractivity contribution in [2.75, 3.05) is 34.9 Å². The van der Waals surface area contributed by atoms with Gasteiger partial charge in [0.1, 0.15) is 17.3 Å². The highest BCUT2D eigenvalue weighted by atomic mass is 16.5. The first-order chi connectivity index (χ1) is 11.1. The zero-order valence-electron chi connectivity index (χ0n) is 13.8. The average molecular weight is 318 g/mol. The van der Waals surface area contributed by atoms with Gasteiger partial charge in [-0.2, -0.15) is 0 Å². The SMILES string of the molecule is COc1ccc(C(=O)NC[C@H](c2ccco2)N(C)C)c(OC)c1. The summed E-state index contributed by atoms with van der Waals surface area (Å²) in [7, 11) is 6.97. The summed E-state index contributed by atoms with van der Waals surface area (Å²) in [5, 5.41) is 2.92. The highest BCUT2D eigenvalue weighted by Gasteiger charge is 2.19. The molecule has 1 heterocycles. The highest BCUT2D eigenvalue weighted by molar-refractivity contribution is 5.97. The molecular weight excluding hydrogens is 296 g/mol. The van der Waals surface area contributed by atoms with E-state index in [0.717, 1.165) is 5.76 Å². The average Bonchev–Trinajstić information content (AvgIpc) is 3.08. The topological polar surface area (TPSA) is 63.9 Å². The van der Waals surface area contributed by atoms with E-state index in [1.165, 1.54) is 7.11 Å². The van der Waals surface area contributed by atoms with Crippen LogP contribution in [0.3, 0.4) is 0 Å². The molecule has 0 fully saturated rings. The van der Waals surface area contributed by atoms with Crippen LogP contribution in [-0.2, 0) is 0 Å². The number of likely N-dealkylation sites (N-methyl/N-ethyl adjacent to an activating group) is 1. The zero-order valence-corrected chi connectivity index (χ0v) is 13.8. The molecule has 6 heteroatoms. The molecule has 1 aromatic heterocycles. The van der Waals surface area contributed by atoms with Crippen molar-refractivity contribution < 1.29 is 18.7 Å². The summed E-state index contributed by atoms with van der Waals surface area (Å²) in [4.78, 5) is 14.4. The number of carbonyl (C=O) groups is 1. The number of nitrogens with zero attached hydrogens (tertiary/aromatic N) is 1. The normalized spacial score (nSPS) is 12.0. The Kier molecular flexibility index (Phi) is 5.65. The van der Waals surface area contributed by atoms with E-state index < -0.39 is 0 Å². The van der Waals surface area contributed by atoms with E-state index in [4.69, 9.17) is 13.9 Å². The van der Waals surface area contributed by atoms with Crippen LogP contribution in [0.1, 0.15) is 22.2 Å². The van der Waals surface area contributed by atoms with Gasteiger partial charge in [-0.15, -0.1) is 0 Å². The summed E-state index contributed by atoms with van der Waals surface area (Å²) in [6.07, 6.45) is 1.63. The molecule has 23 heavy (non-hydrogen) atoms. The molecule has 1 atom stereocenters. The molecule has 2 aromatic rings. The van der Waals surface area contributed by atoms with Gasteiger partial charge < -0.3 is 19.2 Å². The molecule has 0 aliphatic rings. The highest BCUT2D eigenvalue weighted by Crippen LogP contribution is 2.25. The Bertz CT molecular complexity index is 638. The lowest BCUT2D eigenvalue weighted by Crippen LogP contribution is -2.34. The lowest BCUT2D eigenvalue weighted by Gasteiger charge is -2.22. The van der Waals surface area contributed by atoms with Crippen molar-refractivity contribution in [3.63, 3.8) is 0 Å². The third kappa shape index (κ3) is 4.04. The zero-order chi connectivity index (χ0) is 16.8. The van der Waals surface area contributed by atoms with Gasteiger partial charge in [0.15, 0.2) is 0 Å². The lowest BCUT2D eigenvalue weighted by atomic mass is 10.1. The number of methoxy groups -OCH3 is 2. The second kappa shape index (κ2) is 7.69. The fraction of sp³-hybridized carbons (Fsp3) is 0.353. The summed E-state index contributed by atoms with van der Waals surface area (Å²) in [6.45, 7) is 0.425. The van der Waals surface area contributed by atoms with Crippen molar-refractivity contribution in [3.05, 3.63) is 47.9 Å². The smallest absolute Gasteiger partial charge is 0.255 e. The lowest BCUT2D eigenvalue weighted by molar-refractivity contribution is 0.0936. The van der Waals surface area contributed by atoms with Gasteiger partial charge in [0.25, 0.3) is 5.91 Å². The van der Waals surface area contributed by atoms with E-state index in [1.54, 1.807) is 31.6 Å². The summed E-state index contributed by atoms with van der Waals surface area (Å²) < 4.78 is 15.8. The summed E-state index contributed by atoms with van der Waals surface area (Å²) >= 11 is 0. The number of rotatable bonds is 7. The molecule has 0 radical (unpaired) electrons. The van der Waals surface area contributed by atoms with E-state index in [1.807, 2.05) is 31.1 Å². The van der Waals surface area contributed by atoms with E-state index in [9.17, 15) is 4.79 Å². The molecule has 0 aliphatic heterocycles. The van der Waals surface area contributed by atoms with Gasteiger partial charge >= 0.3 is 0 Å². The van der Waals surface area contributed by atoms with Crippen molar-refractivity contribution in [1.29, 1.82) is 0 Å². The first-order valence-electron chi connectivity index (χ1n) is 7.27. The predicted molar refractivity (Wildman–Crippen MR) is 87.0 cm³/mol. The molecule has 0 bridgehead atoms. The van der Waals surface area contributed by atoms with Gasteiger partial charge in [-0.3, -0.25) is 9.69 Å². The molecule has 0 unspecified atom stereocenters. The van der Waals surface area contributed by atoms with Gasteiger partial charge in [-0.1, -0.05) is 0 Å². The van der Waals surface area contributed by atoms with Crippen LogP contribution in [0.5, 0.6) is 11.5 Å². The molecule has 0 spiro atoms. The third-order valence-electron chi connectivity index (χ3n) is 3.60. The molecule has 0 saturated heterocycles. The van der Waals surface area contributed by atoms with Crippen molar-refractivity contribution in [2.24, 2.45) is 0 Å². The Balaban J connectivity index is 2.09. The maximum absolute atomic E-state index is 12.4. The molecule has 2 rings (SSSR count). The summed E-state index contributed by atoms with van der Waals surface area (Å²) in [5.74, 6) is 1.71. The second-order valence-electron chi connectivity index (χ2n) is 5.27. The Morgan fingerprint density at radius 2 is 2.04 bits per heavy atom. The van der Waals surface area contributed by atoms with Crippen LogP contribution >= 0.6 is 0 Å². The van der Waals surface area contributed by atoms with Gasteiger partial charge in [0, 0.05) is 12.6 Å². The monoisotopic (exact) mass is 318 g/mol. The molecule has 1 amide bonds. The maximum atomic E-state index is 12.4. The number of nitrogens with one attached hydrogen (secondary N) is 1. The fourth-order valence-corrected chi connectivity index (χ4v) is 2.29. The van der Waals surface area contributed by atoms with Crippen LogP contribution in [0.2, 0.25) is 0 Å². The van der Waals surface area contributed by atoms with Crippen molar-refractivity contribution in [1.82, 2.24) is 10.2 Å². The van der Waals surface area contributed by atoms with E-state index in [2.05, 4.69) is 5.32 Å². The predicted octanol–water partition coefficient (Wildman–Crippen LogP) is 2.33. The molecule has 1 aromatic carbocycles. The largest absolute Gasteiger partial charge is 0.497 e. The summed E-state index contributed by atoms with van der Waals surface area (Å²) in [5.41, 5.74) is 0.463. The number of benzene rings is 1. The number of furan rings is 1. The maximum Gasteiger partial charge on any atom is 0.255 e. The molecular formula is C17H22N2O4. The first kappa shape index (κ1) is 16.9. The minimum absolute atomic E-state index is 0.0433. The molecule has 6 nitrogen and oxygen atoms in total. The summed E-state index contributed by atoms with van der Waals surface area (Å²) in [6, 6.07) is 8.78. The number of carbonyl (C=O) groups excluding carboxylic acids is 1. The molecule has 1 N–H and O–H groups in total. The van der Waals surface area contributed by atoms with Crippen LogP contribution in [0.4, 0.5) is 0 Å². The van der Waals surface area contributed by atoms with Gasteiger partial charge in [0.2, 0.25) is 0 Å². The van der Waals surface area contributed by atoms with Crippen molar-refractivity contribution in [2.45, 2.75) is 6.04 Å². The Morgan fingerprint density at radius 3 is 2.61 bits per heavy atom. The molecule has 0 aliphatic carbocycles. The Labute approximate surface area is 136 Å². The van der Waals surface area contributed by atoms with E-state index >= 15 is 0 Å². The van der Waals surface area contributed by atoms with Gasteiger partial charge in [-0.25, -0.2) is 0 Å². The van der Waals surface area contributed by atoms with E-state index in [-0.39, 0.29) is 11.9 Å². The third-order valence-corrected chi connectivity index (χ3v) is 3.60. The first-order valence-corrected chi connectivity index (χ1v) is 7.27. The second-order valence-corrected chi connectivity index (χ2v) is 5.27. The molecule has 0 saturated carbocycles. The van der Waals surface area contributed by atoms with Crippen LogP contribution < -0.4 is 14.8 Å².